The van der Waals surface area contributed by atoms with E-state index in [1.165, 1.54) is 0 Å². The SMILES string of the molecule is CC(C)n1cnc2cc(N)c(Cl)cc21. The van der Waals surface area contributed by atoms with Crippen molar-refractivity contribution in [3.05, 3.63) is 23.5 Å². The zero-order chi connectivity index (χ0) is 10.3. The van der Waals surface area contributed by atoms with Crippen molar-refractivity contribution in [2.45, 2.75) is 19.9 Å². The molecule has 0 spiro atoms. The van der Waals surface area contributed by atoms with Gasteiger partial charge in [-0.2, -0.15) is 0 Å². The maximum atomic E-state index is 5.96. The third-order valence-corrected chi connectivity index (χ3v) is 2.58. The van der Waals surface area contributed by atoms with Crippen LogP contribution in [-0.4, -0.2) is 9.55 Å². The zero-order valence-corrected chi connectivity index (χ0v) is 8.92. The molecule has 0 aliphatic carbocycles. The van der Waals surface area contributed by atoms with Crippen molar-refractivity contribution in [3.8, 4) is 0 Å². The van der Waals surface area contributed by atoms with Crippen molar-refractivity contribution in [3.63, 3.8) is 0 Å². The van der Waals surface area contributed by atoms with Crippen molar-refractivity contribution < 1.29 is 0 Å². The van der Waals surface area contributed by atoms with Gasteiger partial charge in [0.05, 0.1) is 28.1 Å². The molecule has 0 fully saturated rings. The fourth-order valence-corrected chi connectivity index (χ4v) is 1.63. The van der Waals surface area contributed by atoms with Gasteiger partial charge in [0.2, 0.25) is 0 Å². The average Bonchev–Trinajstić information content (AvgIpc) is 2.48. The summed E-state index contributed by atoms with van der Waals surface area (Å²) >= 11 is 5.96. The number of imidazole rings is 1. The lowest BCUT2D eigenvalue weighted by Crippen LogP contribution is -1.98. The number of fused-ring (bicyclic) bond motifs is 1. The van der Waals surface area contributed by atoms with Gasteiger partial charge in [-0.25, -0.2) is 4.98 Å². The molecule has 1 aromatic heterocycles. The molecule has 0 saturated heterocycles. The average molecular weight is 210 g/mol. The van der Waals surface area contributed by atoms with E-state index in [9.17, 15) is 0 Å². The molecular weight excluding hydrogens is 198 g/mol. The topological polar surface area (TPSA) is 43.8 Å². The Morgan fingerprint density at radius 2 is 2.14 bits per heavy atom. The van der Waals surface area contributed by atoms with E-state index in [1.807, 2.05) is 12.4 Å². The van der Waals surface area contributed by atoms with Crippen molar-refractivity contribution in [1.29, 1.82) is 0 Å². The van der Waals surface area contributed by atoms with E-state index in [1.54, 1.807) is 6.07 Å². The normalized spacial score (nSPS) is 11.4. The van der Waals surface area contributed by atoms with Gasteiger partial charge in [0.15, 0.2) is 0 Å². The third-order valence-electron chi connectivity index (χ3n) is 2.25. The minimum absolute atomic E-state index is 0.375. The molecule has 3 nitrogen and oxygen atoms in total. The van der Waals surface area contributed by atoms with Crippen LogP contribution in [0.2, 0.25) is 5.02 Å². The molecule has 0 aliphatic rings. The number of hydrogen-bond acceptors (Lipinski definition) is 2. The summed E-state index contributed by atoms with van der Waals surface area (Å²) in [6.45, 7) is 4.21. The van der Waals surface area contributed by atoms with Gasteiger partial charge in [0, 0.05) is 6.04 Å². The number of nitrogens with two attached hydrogens (primary N) is 1. The molecule has 0 bridgehead atoms. The number of nitrogens with zero attached hydrogens (tertiary/aromatic N) is 2. The van der Waals surface area contributed by atoms with Crippen molar-refractivity contribution in [2.75, 3.05) is 5.73 Å². The van der Waals surface area contributed by atoms with Crippen molar-refractivity contribution >= 4 is 28.3 Å². The first-order valence-electron chi connectivity index (χ1n) is 4.51. The van der Waals surface area contributed by atoms with Crippen LogP contribution in [0.1, 0.15) is 19.9 Å². The van der Waals surface area contributed by atoms with Crippen LogP contribution in [0.5, 0.6) is 0 Å². The second-order valence-electron chi connectivity index (χ2n) is 3.61. The second kappa shape index (κ2) is 3.17. The summed E-state index contributed by atoms with van der Waals surface area (Å²) in [5, 5.41) is 0.583. The summed E-state index contributed by atoms with van der Waals surface area (Å²) < 4.78 is 2.07. The van der Waals surface area contributed by atoms with Crippen LogP contribution in [0.15, 0.2) is 18.5 Å². The predicted octanol–water partition coefficient (Wildman–Crippen LogP) is 2.85. The van der Waals surface area contributed by atoms with E-state index in [0.29, 0.717) is 16.8 Å². The lowest BCUT2D eigenvalue weighted by molar-refractivity contribution is 0.617. The quantitative estimate of drug-likeness (QED) is 0.734. The van der Waals surface area contributed by atoms with Crippen LogP contribution in [0.3, 0.4) is 0 Å². The maximum Gasteiger partial charge on any atom is 0.0960 e. The van der Waals surface area contributed by atoms with Crippen LogP contribution < -0.4 is 5.73 Å². The fraction of sp³-hybridized carbons (Fsp3) is 0.300. The minimum atomic E-state index is 0.375. The maximum absolute atomic E-state index is 5.96. The van der Waals surface area contributed by atoms with Gasteiger partial charge in [-0.15, -0.1) is 0 Å². The van der Waals surface area contributed by atoms with E-state index in [-0.39, 0.29) is 0 Å². The predicted molar refractivity (Wildman–Crippen MR) is 59.5 cm³/mol. The van der Waals surface area contributed by atoms with Crippen LogP contribution in [0.4, 0.5) is 5.69 Å². The van der Waals surface area contributed by atoms with Gasteiger partial charge in [0.25, 0.3) is 0 Å². The number of benzene rings is 1. The first kappa shape index (κ1) is 9.34. The number of rotatable bonds is 1. The molecule has 4 heteroatoms. The number of halogens is 1. The molecule has 0 radical (unpaired) electrons. The monoisotopic (exact) mass is 209 g/mol. The highest BCUT2D eigenvalue weighted by atomic mass is 35.5. The highest BCUT2D eigenvalue weighted by molar-refractivity contribution is 6.33. The molecule has 0 amide bonds. The second-order valence-corrected chi connectivity index (χ2v) is 4.02. The Bertz CT molecular complexity index is 473. The summed E-state index contributed by atoms with van der Waals surface area (Å²) in [6.07, 6.45) is 1.81. The van der Waals surface area contributed by atoms with E-state index in [4.69, 9.17) is 17.3 Å². The van der Waals surface area contributed by atoms with Gasteiger partial charge in [-0.1, -0.05) is 11.6 Å². The Hall–Kier alpha value is -1.22. The lowest BCUT2D eigenvalue weighted by atomic mass is 10.2. The smallest absolute Gasteiger partial charge is 0.0960 e. The largest absolute Gasteiger partial charge is 0.397 e. The fourth-order valence-electron chi connectivity index (χ4n) is 1.48. The van der Waals surface area contributed by atoms with Gasteiger partial charge < -0.3 is 10.3 Å². The molecule has 0 aliphatic heterocycles. The van der Waals surface area contributed by atoms with Gasteiger partial charge in [0.1, 0.15) is 0 Å². The Kier molecular flexibility index (Phi) is 2.11. The minimum Gasteiger partial charge on any atom is -0.397 e. The Labute approximate surface area is 87.5 Å². The Morgan fingerprint density at radius 1 is 1.43 bits per heavy atom. The van der Waals surface area contributed by atoms with Gasteiger partial charge in [-0.3, -0.25) is 0 Å². The standard InChI is InChI=1S/C10H12ClN3/c1-6(2)14-5-13-9-4-8(12)7(11)3-10(9)14/h3-6H,12H2,1-2H3. The highest BCUT2D eigenvalue weighted by Crippen LogP contribution is 2.26. The molecule has 0 unspecified atom stereocenters. The number of aromatic nitrogens is 2. The zero-order valence-electron chi connectivity index (χ0n) is 8.16. The molecule has 2 N–H and O–H groups in total. The van der Waals surface area contributed by atoms with Crippen LogP contribution in [0, 0.1) is 0 Å². The summed E-state index contributed by atoms with van der Waals surface area (Å²) in [6, 6.07) is 4.04. The van der Waals surface area contributed by atoms with Crippen molar-refractivity contribution in [1.82, 2.24) is 9.55 Å². The van der Waals surface area contributed by atoms with E-state index in [0.717, 1.165) is 11.0 Å². The highest BCUT2D eigenvalue weighted by Gasteiger charge is 2.07. The summed E-state index contributed by atoms with van der Waals surface area (Å²) in [5.41, 5.74) is 8.18. The molecule has 0 saturated carbocycles. The number of anilines is 1. The van der Waals surface area contributed by atoms with Crippen LogP contribution in [-0.2, 0) is 0 Å². The molecular formula is C10H12ClN3. The first-order valence-corrected chi connectivity index (χ1v) is 4.89. The van der Waals surface area contributed by atoms with E-state index < -0.39 is 0 Å². The number of hydrogen-bond donors (Lipinski definition) is 1. The van der Waals surface area contributed by atoms with Gasteiger partial charge in [-0.05, 0) is 26.0 Å². The third kappa shape index (κ3) is 1.34. The molecule has 2 aromatic rings. The van der Waals surface area contributed by atoms with Crippen molar-refractivity contribution in [2.24, 2.45) is 0 Å². The summed E-state index contributed by atoms with van der Waals surface area (Å²) in [7, 11) is 0. The molecule has 2 rings (SSSR count). The first-order chi connectivity index (χ1) is 6.59. The van der Waals surface area contributed by atoms with Crippen LogP contribution in [0.25, 0.3) is 11.0 Å². The number of nitrogen functional groups attached to an aromatic ring is 1. The Balaban J connectivity index is 2.74. The molecule has 1 heterocycles. The lowest BCUT2D eigenvalue weighted by Gasteiger charge is -2.08. The Morgan fingerprint density at radius 3 is 2.79 bits per heavy atom. The van der Waals surface area contributed by atoms with Gasteiger partial charge >= 0.3 is 0 Å². The van der Waals surface area contributed by atoms with E-state index >= 15 is 0 Å². The molecule has 74 valence electrons. The summed E-state index contributed by atoms with van der Waals surface area (Å²) in [4.78, 5) is 4.27. The van der Waals surface area contributed by atoms with Crippen LogP contribution >= 0.6 is 11.6 Å². The molecule has 0 atom stereocenters. The molecule has 14 heavy (non-hydrogen) atoms. The van der Waals surface area contributed by atoms with E-state index in [2.05, 4.69) is 23.4 Å². The molecule has 1 aromatic carbocycles. The summed E-state index contributed by atoms with van der Waals surface area (Å²) in [5.74, 6) is 0.